The predicted molar refractivity (Wildman–Crippen MR) is 357 cm³/mol. The number of benzene rings is 6. The number of alkyl halides is 9. The van der Waals surface area contributed by atoms with Crippen LogP contribution in [-0.4, -0.2) is 77.0 Å². The van der Waals surface area contributed by atoms with Crippen LogP contribution in [0.15, 0.2) is 127 Å². The van der Waals surface area contributed by atoms with E-state index < -0.39 is 99.8 Å². The molecule has 6 aromatic rings. The molecule has 0 bridgehead atoms. The maximum Gasteiger partial charge on any atom is 0.416 e. The topological polar surface area (TPSA) is 253 Å². The molecule has 7 aliphatic rings. The number of carbonyl (C=O) groups excluding carboxylic acids is 3. The van der Waals surface area contributed by atoms with Crippen molar-refractivity contribution in [1.29, 1.82) is 0 Å². The maximum atomic E-state index is 13.3. The molecule has 99 heavy (non-hydrogen) atoms. The molecule has 0 aromatic heterocycles. The summed E-state index contributed by atoms with van der Waals surface area (Å²) in [6, 6.07) is 24.8. The van der Waals surface area contributed by atoms with E-state index in [1.165, 1.54) is 36.4 Å². The highest BCUT2D eigenvalue weighted by atomic mass is 32.2. The zero-order valence-corrected chi connectivity index (χ0v) is 56.0. The molecule has 3 amide bonds. The number of nitrogens with one attached hydrogen (secondary N) is 6. The number of hydrogen-bond donors (Lipinski definition) is 6. The number of carbonyl (C=O) groups is 3. The van der Waals surface area contributed by atoms with E-state index in [4.69, 9.17) is 14.2 Å². The first-order valence-corrected chi connectivity index (χ1v) is 36.4. The van der Waals surface area contributed by atoms with E-state index in [-0.39, 0.29) is 34.5 Å². The molecule has 1 saturated carbocycles. The van der Waals surface area contributed by atoms with Crippen LogP contribution in [0.3, 0.4) is 0 Å². The Kier molecular flexibility index (Phi) is 19.1. The first kappa shape index (κ1) is 71.3. The highest BCUT2D eigenvalue weighted by molar-refractivity contribution is 7.93. The highest BCUT2D eigenvalue weighted by Gasteiger charge is 2.45. The SMILES string of the molecule is CC1(C)C/C(=C\C(=O)Nc2ccc3c(c2)NS(=O)(=O)CC3)c2ccc(C(F)(F)F)cc2O1.CCC1(CC)C/C(=C\C(=O)Nc2ccc3c(c2)NS(=O)(=O)CC3)c2ccc(C(F)(F)F)cc2O1.O=C(/C=C1\CC2(CCC2)Oc2cc(C(F)(F)F)ccc21)Nc1ccc2c(c1)NS(=O)(=O)CC2. The number of amides is 3. The smallest absolute Gasteiger partial charge is 0.416 e. The Bertz CT molecular complexity index is 4710. The molecule has 1 fully saturated rings. The van der Waals surface area contributed by atoms with Crippen molar-refractivity contribution in [1.82, 2.24) is 0 Å². The summed E-state index contributed by atoms with van der Waals surface area (Å²) in [6.45, 7) is 7.26. The fourth-order valence-electron chi connectivity index (χ4n) is 12.6. The van der Waals surface area contributed by atoms with Gasteiger partial charge in [0.05, 0.1) is 51.0 Å². The summed E-state index contributed by atoms with van der Waals surface area (Å²) in [6.07, 6.45) is -3.66. The summed E-state index contributed by atoms with van der Waals surface area (Å²) in [5.74, 6) is -1.08. The van der Waals surface area contributed by atoms with Crippen LogP contribution in [-0.2, 0) is 82.2 Å². The van der Waals surface area contributed by atoms with Crippen LogP contribution in [0.5, 0.6) is 17.2 Å². The van der Waals surface area contributed by atoms with Gasteiger partial charge >= 0.3 is 18.5 Å². The summed E-state index contributed by atoms with van der Waals surface area (Å²) >= 11 is 0. The monoisotopic (exact) mass is 1440 g/mol. The third-order valence-electron chi connectivity index (χ3n) is 18.0. The van der Waals surface area contributed by atoms with Crippen LogP contribution in [0.4, 0.5) is 73.6 Å². The van der Waals surface area contributed by atoms with Crippen molar-refractivity contribution >= 4 is 98.6 Å². The lowest BCUT2D eigenvalue weighted by molar-refractivity contribution is -0.138. The van der Waals surface area contributed by atoms with Crippen molar-refractivity contribution in [2.45, 2.75) is 134 Å². The van der Waals surface area contributed by atoms with Gasteiger partial charge in [-0.1, -0.05) is 50.2 Å². The van der Waals surface area contributed by atoms with Gasteiger partial charge in [0.1, 0.15) is 34.1 Å². The molecule has 1 spiro atoms. The maximum absolute atomic E-state index is 13.3. The summed E-state index contributed by atoms with van der Waals surface area (Å²) in [7, 11) is -10.2. The van der Waals surface area contributed by atoms with Gasteiger partial charge in [0.15, 0.2) is 0 Å². The predicted octanol–water partition coefficient (Wildman–Crippen LogP) is 14.7. The molecule has 526 valence electrons. The van der Waals surface area contributed by atoms with Gasteiger partial charge in [-0.25, -0.2) is 25.3 Å². The van der Waals surface area contributed by atoms with Crippen LogP contribution in [0, 0.1) is 0 Å². The minimum Gasteiger partial charge on any atom is -0.487 e. The molecule has 6 heterocycles. The lowest BCUT2D eigenvalue weighted by Crippen LogP contribution is -2.45. The summed E-state index contributed by atoms with van der Waals surface area (Å²) in [5, 5.41) is 8.14. The highest BCUT2D eigenvalue weighted by Crippen LogP contribution is 2.51. The lowest BCUT2D eigenvalue weighted by Gasteiger charge is -2.46. The molecular weight excluding hydrogens is 1370 g/mol. The fraction of sp³-hybridized carbons (Fsp3) is 0.348. The van der Waals surface area contributed by atoms with E-state index in [1.807, 2.05) is 13.8 Å². The number of halogens is 9. The zero-order chi connectivity index (χ0) is 71.5. The van der Waals surface area contributed by atoms with Crippen molar-refractivity contribution in [2.24, 2.45) is 0 Å². The van der Waals surface area contributed by atoms with Gasteiger partial charge in [-0.05, 0) is 171 Å². The van der Waals surface area contributed by atoms with Crippen LogP contribution < -0.4 is 44.3 Å². The van der Waals surface area contributed by atoms with Crippen molar-refractivity contribution in [2.75, 3.05) is 47.4 Å². The average Bonchev–Trinajstić information content (AvgIpc) is 0.766. The summed E-state index contributed by atoms with van der Waals surface area (Å²) < 4.78 is 215. The first-order valence-electron chi connectivity index (χ1n) is 31.4. The minimum absolute atomic E-state index is 0.00508. The second-order valence-electron chi connectivity index (χ2n) is 25.8. The molecule has 0 radical (unpaired) electrons. The first-order chi connectivity index (χ1) is 46.3. The Morgan fingerprint density at radius 3 is 1.12 bits per heavy atom. The summed E-state index contributed by atoms with van der Waals surface area (Å²) in [4.78, 5) is 38.3. The van der Waals surface area contributed by atoms with Crippen LogP contribution in [0.25, 0.3) is 16.7 Å². The number of hydrogen-bond acceptors (Lipinski definition) is 12. The van der Waals surface area contributed by atoms with Crippen molar-refractivity contribution < 1.29 is 93.4 Å². The standard InChI is InChI=1S/C24H25F3N2O4S.C23H21F3N2O4S.C22H21F3N2O4S/c1-3-23(4-2)14-16(19-8-6-17(24(25,26)27)12-21(19)33-23)11-22(30)28-18-7-5-15-9-10-34(31,32)29-20(15)13-18;24-23(25,26)16-3-5-18-15(13-22(7-1-8-22)32-20(18)11-16)10-21(29)27-17-4-2-14-6-9-33(30,31)28-19(14)12-17;1-21(2)12-14(17-6-4-15(22(23,24)25)10-19(17)31-21)9-20(28)26-16-5-3-13-7-8-32(29,30)27-18(13)11-16/h5-8,11-13,29H,3-4,9-10,14H2,1-2H3,(H,28,30);2-5,10-12,28H,1,6-9,13H2,(H,27,29);3-6,9-11,27H,7-8,12H2,1-2H3,(H,26,28)/b16-11+;15-10+;14-9+. The second kappa shape index (κ2) is 26.6. The summed E-state index contributed by atoms with van der Waals surface area (Å²) in [5.41, 5.74) is 3.53. The van der Waals surface area contributed by atoms with E-state index in [0.717, 1.165) is 59.5 Å². The molecule has 6 N–H and O–H groups in total. The Morgan fingerprint density at radius 2 is 0.788 bits per heavy atom. The van der Waals surface area contributed by atoms with Crippen LogP contribution in [0.2, 0.25) is 0 Å². The number of ether oxygens (including phenoxy) is 3. The fourth-order valence-corrected chi connectivity index (χ4v) is 16.0. The van der Waals surface area contributed by atoms with Gasteiger partial charge in [0, 0.05) is 71.2 Å². The molecule has 6 aliphatic heterocycles. The normalized spacial score (nSPS) is 20.2. The Hall–Kier alpha value is -9.03. The lowest BCUT2D eigenvalue weighted by atomic mass is 9.72. The van der Waals surface area contributed by atoms with Gasteiger partial charge in [-0.3, -0.25) is 28.5 Å². The molecule has 0 unspecified atom stereocenters. The Labute approximate surface area is 565 Å². The van der Waals surface area contributed by atoms with Gasteiger partial charge in [0.25, 0.3) is 0 Å². The number of anilines is 6. The van der Waals surface area contributed by atoms with Gasteiger partial charge in [-0.15, -0.1) is 0 Å². The molecule has 1 aliphatic carbocycles. The Morgan fingerprint density at radius 1 is 0.455 bits per heavy atom. The quantitative estimate of drug-likeness (QED) is 0.0615. The zero-order valence-electron chi connectivity index (χ0n) is 53.5. The van der Waals surface area contributed by atoms with Crippen LogP contribution in [0.1, 0.15) is 129 Å². The molecule has 0 saturated heterocycles. The third-order valence-corrected chi connectivity index (χ3v) is 21.8. The number of fused-ring (bicyclic) bond motifs is 6. The second-order valence-corrected chi connectivity index (χ2v) is 31.3. The van der Waals surface area contributed by atoms with Crippen molar-refractivity contribution in [3.8, 4) is 17.2 Å². The van der Waals surface area contributed by atoms with E-state index in [0.29, 0.717) is 132 Å². The van der Waals surface area contributed by atoms with E-state index in [1.54, 1.807) is 68.4 Å². The van der Waals surface area contributed by atoms with Gasteiger partial charge in [0.2, 0.25) is 47.8 Å². The van der Waals surface area contributed by atoms with Crippen molar-refractivity contribution in [3.63, 3.8) is 0 Å². The van der Waals surface area contributed by atoms with Crippen LogP contribution >= 0.6 is 0 Å². The number of aryl methyl sites for hydroxylation is 3. The molecule has 18 nitrogen and oxygen atoms in total. The van der Waals surface area contributed by atoms with Crippen molar-refractivity contribution in [3.05, 3.63) is 177 Å². The van der Waals surface area contributed by atoms with Gasteiger partial charge in [-0.2, -0.15) is 39.5 Å². The molecular formula is C69H67F9N6O12S3. The van der Waals surface area contributed by atoms with Gasteiger partial charge < -0.3 is 30.2 Å². The van der Waals surface area contributed by atoms with E-state index in [2.05, 4.69) is 30.1 Å². The molecule has 0 atom stereocenters. The third kappa shape index (κ3) is 16.8. The largest absolute Gasteiger partial charge is 0.487 e. The van der Waals surface area contributed by atoms with E-state index >= 15 is 0 Å². The minimum atomic E-state index is -4.51. The average molecular weight is 1440 g/mol. The van der Waals surface area contributed by atoms with E-state index in [9.17, 15) is 79.2 Å². The Balaban J connectivity index is 0.000000150. The molecule has 13 rings (SSSR count). The molecule has 30 heteroatoms. The number of rotatable bonds is 8. The number of sulfonamides is 3. The molecule has 6 aromatic carbocycles.